The molecule has 1 aliphatic rings. The summed E-state index contributed by atoms with van der Waals surface area (Å²) < 4.78 is 0. The summed E-state index contributed by atoms with van der Waals surface area (Å²) >= 11 is 0. The first-order chi connectivity index (χ1) is 6.36. The first-order valence-corrected chi connectivity index (χ1v) is 4.17. The van der Waals surface area contributed by atoms with E-state index in [1.54, 1.807) is 14.1 Å². The van der Waals surface area contributed by atoms with E-state index in [0.717, 1.165) is 22.8 Å². The first kappa shape index (κ1) is 7.98. The lowest BCUT2D eigenvalue weighted by atomic mass is 10.1. The van der Waals surface area contributed by atoms with Gasteiger partial charge < -0.3 is 5.32 Å². The third kappa shape index (κ3) is 1.13. The number of aliphatic imine (C=N–C) groups is 2. The third-order valence-electron chi connectivity index (χ3n) is 2.12. The van der Waals surface area contributed by atoms with Crippen LogP contribution < -0.4 is 5.32 Å². The number of fused-ring (bicyclic) bond motifs is 1. The van der Waals surface area contributed by atoms with Gasteiger partial charge >= 0.3 is 0 Å². The molecule has 0 aromatic heterocycles. The zero-order chi connectivity index (χ0) is 9.26. The average molecular weight is 173 g/mol. The second-order valence-corrected chi connectivity index (χ2v) is 2.82. The molecule has 0 atom stereocenters. The van der Waals surface area contributed by atoms with Crippen molar-refractivity contribution in [3.05, 3.63) is 35.4 Å². The molecule has 1 aromatic rings. The van der Waals surface area contributed by atoms with Crippen LogP contribution in [0.5, 0.6) is 0 Å². The van der Waals surface area contributed by atoms with Crippen molar-refractivity contribution in [2.45, 2.75) is 0 Å². The number of hydrogen-bond acceptors (Lipinski definition) is 2. The summed E-state index contributed by atoms with van der Waals surface area (Å²) in [4.78, 5) is 8.30. The zero-order valence-electron chi connectivity index (χ0n) is 7.70. The van der Waals surface area contributed by atoms with Crippen LogP contribution in [0, 0.1) is 0 Å². The van der Waals surface area contributed by atoms with Gasteiger partial charge in [-0.2, -0.15) is 0 Å². The minimum Gasteiger partial charge on any atom is -0.325 e. The minimum absolute atomic E-state index is 0.899. The lowest BCUT2D eigenvalue weighted by Gasteiger charge is -1.95. The summed E-state index contributed by atoms with van der Waals surface area (Å²) in [6, 6.07) is 8.10. The highest BCUT2D eigenvalue weighted by Crippen LogP contribution is 2.15. The molecular formula is C10H11N3. The summed E-state index contributed by atoms with van der Waals surface area (Å²) in [6.45, 7) is 0. The van der Waals surface area contributed by atoms with E-state index in [-0.39, 0.29) is 0 Å². The first-order valence-electron chi connectivity index (χ1n) is 4.17. The van der Waals surface area contributed by atoms with E-state index < -0.39 is 0 Å². The predicted octanol–water partition coefficient (Wildman–Crippen LogP) is 1.04. The molecule has 2 rings (SSSR count). The highest BCUT2D eigenvalue weighted by Gasteiger charge is 2.20. The zero-order valence-corrected chi connectivity index (χ0v) is 7.70. The Hall–Kier alpha value is -1.64. The number of nitrogens with zero attached hydrogens (tertiary/aromatic N) is 2. The molecule has 66 valence electrons. The smallest absolute Gasteiger partial charge is 0.134 e. The van der Waals surface area contributed by atoms with Crippen LogP contribution in [0.3, 0.4) is 0 Å². The molecule has 0 bridgehead atoms. The Bertz CT molecular complexity index is 354. The maximum Gasteiger partial charge on any atom is 0.134 e. The van der Waals surface area contributed by atoms with Crippen molar-refractivity contribution in [3.63, 3.8) is 0 Å². The fourth-order valence-electron chi connectivity index (χ4n) is 1.50. The van der Waals surface area contributed by atoms with Crippen LogP contribution in [0.4, 0.5) is 0 Å². The molecule has 3 nitrogen and oxygen atoms in total. The fourth-order valence-corrected chi connectivity index (χ4v) is 1.50. The molecule has 1 aromatic carbocycles. The Labute approximate surface area is 77.2 Å². The van der Waals surface area contributed by atoms with Crippen LogP contribution in [0.2, 0.25) is 0 Å². The van der Waals surface area contributed by atoms with E-state index in [4.69, 9.17) is 0 Å². The van der Waals surface area contributed by atoms with E-state index in [2.05, 4.69) is 15.3 Å². The Balaban J connectivity index is 2.63. The molecule has 0 unspecified atom stereocenters. The number of amidine groups is 2. The Morgan fingerprint density at radius 1 is 0.923 bits per heavy atom. The maximum atomic E-state index is 4.15. The summed E-state index contributed by atoms with van der Waals surface area (Å²) in [6.07, 6.45) is 0. The SMILES string of the molecule is CN=C1NC(=NC)c2ccccc21. The third-order valence-corrected chi connectivity index (χ3v) is 2.12. The highest BCUT2D eigenvalue weighted by atomic mass is 15.1. The van der Waals surface area contributed by atoms with Crippen LogP contribution in [0.25, 0.3) is 0 Å². The molecule has 0 saturated carbocycles. The predicted molar refractivity (Wildman–Crippen MR) is 54.5 cm³/mol. The number of benzene rings is 1. The molecule has 0 radical (unpaired) electrons. The maximum absolute atomic E-state index is 4.15. The van der Waals surface area contributed by atoms with Gasteiger partial charge in [0.1, 0.15) is 11.7 Å². The monoisotopic (exact) mass is 173 g/mol. The number of nitrogens with one attached hydrogen (secondary N) is 1. The molecule has 0 saturated heterocycles. The second kappa shape index (κ2) is 3.01. The van der Waals surface area contributed by atoms with Gasteiger partial charge in [-0.25, -0.2) is 0 Å². The van der Waals surface area contributed by atoms with E-state index in [1.165, 1.54) is 0 Å². The average Bonchev–Trinajstić information content (AvgIpc) is 2.56. The largest absolute Gasteiger partial charge is 0.325 e. The Kier molecular flexibility index (Phi) is 1.85. The standard InChI is InChI=1S/C10H11N3/c1-11-9-7-5-3-4-6-8(7)10(12-2)13-9/h3-6H,1-2H3,(H,11,12,13). The Morgan fingerprint density at radius 3 is 1.77 bits per heavy atom. The lowest BCUT2D eigenvalue weighted by Crippen LogP contribution is -2.22. The molecule has 1 N–H and O–H groups in total. The van der Waals surface area contributed by atoms with Gasteiger partial charge in [0.15, 0.2) is 0 Å². The van der Waals surface area contributed by atoms with Crippen LogP contribution in [0.15, 0.2) is 34.3 Å². The van der Waals surface area contributed by atoms with Crippen molar-refractivity contribution >= 4 is 11.7 Å². The van der Waals surface area contributed by atoms with Crippen LogP contribution in [0.1, 0.15) is 11.1 Å². The summed E-state index contributed by atoms with van der Waals surface area (Å²) in [5.74, 6) is 1.80. The van der Waals surface area contributed by atoms with Crippen molar-refractivity contribution in [2.75, 3.05) is 14.1 Å². The normalized spacial score (nSPS) is 20.5. The van der Waals surface area contributed by atoms with Gasteiger partial charge in [-0.3, -0.25) is 9.98 Å². The van der Waals surface area contributed by atoms with Gasteiger partial charge in [-0.1, -0.05) is 24.3 Å². The molecule has 1 aliphatic heterocycles. The molecule has 0 spiro atoms. The van der Waals surface area contributed by atoms with E-state index >= 15 is 0 Å². The molecule has 0 fully saturated rings. The quantitative estimate of drug-likeness (QED) is 0.625. The minimum atomic E-state index is 0.899. The van der Waals surface area contributed by atoms with Crippen molar-refractivity contribution in [2.24, 2.45) is 9.98 Å². The van der Waals surface area contributed by atoms with E-state index in [9.17, 15) is 0 Å². The van der Waals surface area contributed by atoms with Crippen LogP contribution >= 0.6 is 0 Å². The van der Waals surface area contributed by atoms with Gasteiger partial charge in [0, 0.05) is 25.2 Å². The van der Waals surface area contributed by atoms with Crippen molar-refractivity contribution < 1.29 is 0 Å². The molecular weight excluding hydrogens is 162 g/mol. The highest BCUT2D eigenvalue weighted by molar-refractivity contribution is 6.25. The topological polar surface area (TPSA) is 36.8 Å². The van der Waals surface area contributed by atoms with Gasteiger partial charge in [0.05, 0.1) is 0 Å². The molecule has 0 aliphatic carbocycles. The van der Waals surface area contributed by atoms with Crippen molar-refractivity contribution in [1.82, 2.24) is 5.32 Å². The molecule has 1 heterocycles. The molecule has 13 heavy (non-hydrogen) atoms. The Morgan fingerprint density at radius 2 is 1.38 bits per heavy atom. The van der Waals surface area contributed by atoms with Crippen molar-refractivity contribution in [1.29, 1.82) is 0 Å². The number of rotatable bonds is 0. The van der Waals surface area contributed by atoms with Crippen LogP contribution in [-0.4, -0.2) is 25.8 Å². The molecule has 3 heteroatoms. The lowest BCUT2D eigenvalue weighted by molar-refractivity contribution is 1.29. The summed E-state index contributed by atoms with van der Waals surface area (Å²) in [5.41, 5.74) is 2.26. The molecule has 0 amide bonds. The van der Waals surface area contributed by atoms with Crippen molar-refractivity contribution in [3.8, 4) is 0 Å². The number of hydrogen-bond donors (Lipinski definition) is 1. The van der Waals surface area contributed by atoms with Gasteiger partial charge in [-0.05, 0) is 0 Å². The fraction of sp³-hybridized carbons (Fsp3) is 0.200. The second-order valence-electron chi connectivity index (χ2n) is 2.82. The van der Waals surface area contributed by atoms with Gasteiger partial charge in [-0.15, -0.1) is 0 Å². The van der Waals surface area contributed by atoms with Crippen LogP contribution in [-0.2, 0) is 0 Å². The summed E-state index contributed by atoms with van der Waals surface area (Å²) in [7, 11) is 3.55. The summed E-state index contributed by atoms with van der Waals surface area (Å²) in [5, 5.41) is 3.16. The van der Waals surface area contributed by atoms with E-state index in [0.29, 0.717) is 0 Å². The van der Waals surface area contributed by atoms with Gasteiger partial charge in [0.2, 0.25) is 0 Å². The van der Waals surface area contributed by atoms with Gasteiger partial charge in [0.25, 0.3) is 0 Å². The van der Waals surface area contributed by atoms with E-state index in [1.807, 2.05) is 24.3 Å².